The predicted octanol–water partition coefficient (Wildman–Crippen LogP) is 1.52. The molecule has 0 unspecified atom stereocenters. The maximum Gasteiger partial charge on any atom is 0.226 e. The lowest BCUT2D eigenvalue weighted by molar-refractivity contribution is 0.00292. The highest BCUT2D eigenvalue weighted by Crippen LogP contribution is 2.26. The van der Waals surface area contributed by atoms with Crippen LogP contribution < -0.4 is 10.2 Å². The molecule has 1 heterocycles. The second-order valence-corrected chi connectivity index (χ2v) is 4.53. The number of nitrogens with one attached hydrogen (secondary N) is 1. The summed E-state index contributed by atoms with van der Waals surface area (Å²) in [6, 6.07) is 2.39. The molecule has 17 heavy (non-hydrogen) atoms. The minimum absolute atomic E-state index is 0.424. The van der Waals surface area contributed by atoms with E-state index in [0.29, 0.717) is 12.1 Å². The van der Waals surface area contributed by atoms with Gasteiger partial charge in [-0.15, -0.1) is 0 Å². The Hall–Kier alpha value is -1.36. The number of hydrogen-bond acceptors (Lipinski definition) is 5. The molecule has 5 heteroatoms. The molecule has 0 radical (unpaired) electrons. The maximum atomic E-state index is 5.53. The van der Waals surface area contributed by atoms with Crippen LogP contribution in [0.3, 0.4) is 0 Å². The molecule has 1 aromatic heterocycles. The quantitative estimate of drug-likeness (QED) is 0.840. The van der Waals surface area contributed by atoms with Crippen LogP contribution in [0.15, 0.2) is 12.3 Å². The van der Waals surface area contributed by atoms with E-state index < -0.39 is 0 Å². The molecule has 1 aliphatic carbocycles. The van der Waals surface area contributed by atoms with Crippen LogP contribution in [-0.2, 0) is 4.74 Å². The number of hydrogen-bond donors (Lipinski definition) is 1. The van der Waals surface area contributed by atoms with Crippen LogP contribution in [0.1, 0.15) is 19.8 Å². The zero-order valence-electron chi connectivity index (χ0n) is 10.7. The summed E-state index contributed by atoms with van der Waals surface area (Å²) < 4.78 is 5.53. The Morgan fingerprint density at radius 2 is 2.24 bits per heavy atom. The lowest BCUT2D eigenvalue weighted by Crippen LogP contribution is -2.41. The molecule has 1 fully saturated rings. The van der Waals surface area contributed by atoms with Gasteiger partial charge in [-0.3, -0.25) is 0 Å². The molecule has 0 saturated heterocycles. The summed E-state index contributed by atoms with van der Waals surface area (Å²) in [5.74, 6) is 1.62. The van der Waals surface area contributed by atoms with E-state index >= 15 is 0 Å². The third-order valence-corrected chi connectivity index (χ3v) is 2.89. The van der Waals surface area contributed by atoms with Gasteiger partial charge in [0, 0.05) is 32.9 Å². The summed E-state index contributed by atoms with van der Waals surface area (Å²) in [6.45, 7) is 2.84. The molecule has 0 spiro atoms. The van der Waals surface area contributed by atoms with Crippen molar-refractivity contribution in [2.24, 2.45) is 0 Å². The van der Waals surface area contributed by atoms with Gasteiger partial charge in [0.25, 0.3) is 0 Å². The van der Waals surface area contributed by atoms with Gasteiger partial charge in [-0.1, -0.05) is 0 Å². The predicted molar refractivity (Wildman–Crippen MR) is 68.4 cm³/mol. The van der Waals surface area contributed by atoms with Crippen LogP contribution in [0.25, 0.3) is 0 Å². The number of rotatable bonds is 5. The Balaban J connectivity index is 1.86. The molecule has 1 N–H and O–H groups in total. The zero-order valence-corrected chi connectivity index (χ0v) is 10.7. The van der Waals surface area contributed by atoms with Crippen LogP contribution in [0.5, 0.6) is 0 Å². The second-order valence-electron chi connectivity index (χ2n) is 4.53. The summed E-state index contributed by atoms with van der Waals surface area (Å²) in [7, 11) is 3.88. The highest BCUT2D eigenvalue weighted by atomic mass is 16.5. The summed E-state index contributed by atoms with van der Waals surface area (Å²) in [5.41, 5.74) is 0. The van der Waals surface area contributed by atoms with Gasteiger partial charge in [0.05, 0.1) is 6.10 Å². The molecular weight excluding hydrogens is 216 g/mol. The van der Waals surface area contributed by atoms with Crippen molar-refractivity contribution in [3.8, 4) is 0 Å². The lowest BCUT2D eigenvalue weighted by atomic mass is 9.89. The first-order chi connectivity index (χ1) is 8.19. The van der Waals surface area contributed by atoms with Crippen LogP contribution in [-0.4, -0.2) is 42.8 Å². The van der Waals surface area contributed by atoms with Gasteiger partial charge in [-0.25, -0.2) is 4.98 Å². The highest BCUT2D eigenvalue weighted by molar-refractivity contribution is 5.41. The summed E-state index contributed by atoms with van der Waals surface area (Å²) >= 11 is 0. The van der Waals surface area contributed by atoms with Crippen LogP contribution in [0.2, 0.25) is 0 Å². The summed E-state index contributed by atoms with van der Waals surface area (Å²) in [4.78, 5) is 10.5. The molecule has 0 amide bonds. The van der Waals surface area contributed by atoms with E-state index in [1.165, 1.54) is 0 Å². The Morgan fingerprint density at radius 3 is 2.88 bits per heavy atom. The van der Waals surface area contributed by atoms with E-state index in [1.54, 1.807) is 6.20 Å². The monoisotopic (exact) mass is 236 g/mol. The van der Waals surface area contributed by atoms with Crippen molar-refractivity contribution in [1.82, 2.24) is 9.97 Å². The molecule has 0 bridgehead atoms. The standard InChI is InChI=1S/C12H20N4O/c1-4-17-10-7-9(8-10)14-11-5-6-13-12(15-11)16(2)3/h5-6,9-10H,4,7-8H2,1-3H3,(H,13,14,15). The Morgan fingerprint density at radius 1 is 1.47 bits per heavy atom. The van der Waals surface area contributed by atoms with E-state index in [1.807, 2.05) is 32.0 Å². The molecule has 5 nitrogen and oxygen atoms in total. The average molecular weight is 236 g/mol. The van der Waals surface area contributed by atoms with E-state index in [9.17, 15) is 0 Å². The van der Waals surface area contributed by atoms with Crippen molar-refractivity contribution in [3.05, 3.63) is 12.3 Å². The second kappa shape index (κ2) is 5.31. The zero-order chi connectivity index (χ0) is 12.3. The molecule has 0 atom stereocenters. The van der Waals surface area contributed by atoms with Crippen LogP contribution >= 0.6 is 0 Å². The highest BCUT2D eigenvalue weighted by Gasteiger charge is 2.29. The van der Waals surface area contributed by atoms with Gasteiger partial charge in [0.1, 0.15) is 5.82 Å². The number of ether oxygens (including phenoxy) is 1. The molecule has 1 aromatic rings. The van der Waals surface area contributed by atoms with Gasteiger partial charge in [0.15, 0.2) is 0 Å². The Labute approximate surface area is 102 Å². The molecule has 1 aliphatic rings. The van der Waals surface area contributed by atoms with Crippen LogP contribution in [0.4, 0.5) is 11.8 Å². The Bertz CT molecular complexity index is 363. The molecule has 94 valence electrons. The Kier molecular flexibility index (Phi) is 3.78. The lowest BCUT2D eigenvalue weighted by Gasteiger charge is -2.35. The summed E-state index contributed by atoms with van der Waals surface area (Å²) in [5, 5.41) is 3.40. The first kappa shape index (κ1) is 12.1. The molecule has 0 aromatic carbocycles. The minimum Gasteiger partial charge on any atom is -0.378 e. The average Bonchev–Trinajstić information content (AvgIpc) is 2.27. The topological polar surface area (TPSA) is 50.3 Å². The largest absolute Gasteiger partial charge is 0.378 e. The fraction of sp³-hybridized carbons (Fsp3) is 0.667. The number of nitrogens with zero attached hydrogens (tertiary/aromatic N) is 3. The van der Waals surface area contributed by atoms with Gasteiger partial charge in [-0.05, 0) is 25.8 Å². The van der Waals surface area contributed by atoms with E-state index in [-0.39, 0.29) is 0 Å². The maximum absolute atomic E-state index is 5.53. The van der Waals surface area contributed by atoms with Crippen LogP contribution in [0, 0.1) is 0 Å². The fourth-order valence-electron chi connectivity index (χ4n) is 1.91. The third-order valence-electron chi connectivity index (χ3n) is 2.89. The molecule has 0 aliphatic heterocycles. The number of aromatic nitrogens is 2. The van der Waals surface area contributed by atoms with Gasteiger partial charge in [0.2, 0.25) is 5.95 Å². The van der Waals surface area contributed by atoms with E-state index in [2.05, 4.69) is 15.3 Å². The fourth-order valence-corrected chi connectivity index (χ4v) is 1.91. The van der Waals surface area contributed by atoms with Gasteiger partial charge < -0.3 is 15.0 Å². The molecule has 1 saturated carbocycles. The van der Waals surface area contributed by atoms with E-state index in [0.717, 1.165) is 31.2 Å². The van der Waals surface area contributed by atoms with Crippen molar-refractivity contribution >= 4 is 11.8 Å². The van der Waals surface area contributed by atoms with Crippen molar-refractivity contribution in [2.45, 2.75) is 31.9 Å². The smallest absolute Gasteiger partial charge is 0.226 e. The minimum atomic E-state index is 0.424. The van der Waals surface area contributed by atoms with Crippen molar-refractivity contribution < 1.29 is 4.74 Å². The third kappa shape index (κ3) is 3.06. The normalized spacial score (nSPS) is 23.0. The first-order valence-electron chi connectivity index (χ1n) is 6.07. The SMILES string of the molecule is CCOC1CC(Nc2ccnc(N(C)C)n2)C1. The van der Waals surface area contributed by atoms with Crippen molar-refractivity contribution in [1.29, 1.82) is 0 Å². The molecule has 2 rings (SSSR count). The van der Waals surface area contributed by atoms with Gasteiger partial charge >= 0.3 is 0 Å². The number of anilines is 2. The van der Waals surface area contributed by atoms with Gasteiger partial charge in [-0.2, -0.15) is 4.98 Å². The van der Waals surface area contributed by atoms with Crippen molar-refractivity contribution in [2.75, 3.05) is 30.9 Å². The van der Waals surface area contributed by atoms with Crippen molar-refractivity contribution in [3.63, 3.8) is 0 Å². The molecular formula is C12H20N4O. The van der Waals surface area contributed by atoms with E-state index in [4.69, 9.17) is 4.74 Å². The first-order valence-corrected chi connectivity index (χ1v) is 6.07. The summed E-state index contributed by atoms with van der Waals surface area (Å²) in [6.07, 6.45) is 4.33.